The van der Waals surface area contributed by atoms with Crippen LogP contribution in [0.25, 0.3) is 0 Å². The van der Waals surface area contributed by atoms with Crippen LogP contribution in [0.1, 0.15) is 28.8 Å². The van der Waals surface area contributed by atoms with E-state index in [0.29, 0.717) is 43.1 Å². The number of phenols is 1. The van der Waals surface area contributed by atoms with E-state index < -0.39 is 5.54 Å². The lowest BCUT2D eigenvalue weighted by Gasteiger charge is -2.36. The number of halogens is 1. The van der Waals surface area contributed by atoms with Crippen LogP contribution < -0.4 is 5.32 Å². The van der Waals surface area contributed by atoms with Gasteiger partial charge in [0.05, 0.1) is 5.54 Å². The van der Waals surface area contributed by atoms with Crippen molar-refractivity contribution in [3.8, 4) is 5.75 Å². The van der Waals surface area contributed by atoms with Crippen LogP contribution in [0.2, 0.25) is 0 Å². The van der Waals surface area contributed by atoms with Crippen molar-refractivity contribution in [3.05, 3.63) is 29.3 Å². The number of carbonyl (C=O) groups excluding carboxylic acids is 1. The van der Waals surface area contributed by atoms with E-state index in [9.17, 15) is 9.90 Å². The normalized spacial score (nSPS) is 18.0. The van der Waals surface area contributed by atoms with Gasteiger partial charge in [0, 0.05) is 30.2 Å². The molecule has 0 aliphatic carbocycles. The minimum absolute atomic E-state index is 0.125. The average Bonchev–Trinajstić information content (AvgIpc) is 2.42. The second-order valence-electron chi connectivity index (χ2n) is 4.93. The zero-order valence-electron chi connectivity index (χ0n) is 10.9. The van der Waals surface area contributed by atoms with Crippen LogP contribution in [0, 0.1) is 6.92 Å². The van der Waals surface area contributed by atoms with Gasteiger partial charge in [-0.15, -0.1) is 11.6 Å². The van der Waals surface area contributed by atoms with Gasteiger partial charge in [-0.3, -0.25) is 4.79 Å². The van der Waals surface area contributed by atoms with Crippen LogP contribution in [0.5, 0.6) is 5.75 Å². The highest BCUT2D eigenvalue weighted by Gasteiger charge is 2.33. The van der Waals surface area contributed by atoms with Crippen molar-refractivity contribution in [1.29, 1.82) is 0 Å². The topological polar surface area (TPSA) is 58.6 Å². The predicted octanol–water partition coefficient (Wildman–Crippen LogP) is 2.22. The van der Waals surface area contributed by atoms with Gasteiger partial charge in [-0.1, -0.05) is 6.07 Å². The maximum absolute atomic E-state index is 12.3. The van der Waals surface area contributed by atoms with E-state index in [-0.39, 0.29) is 11.7 Å². The molecule has 1 aliphatic rings. The van der Waals surface area contributed by atoms with E-state index in [1.165, 1.54) is 0 Å². The molecule has 1 amide bonds. The molecule has 0 aromatic heterocycles. The first-order valence-electron chi connectivity index (χ1n) is 6.33. The van der Waals surface area contributed by atoms with E-state index in [2.05, 4.69) is 5.32 Å². The smallest absolute Gasteiger partial charge is 0.252 e. The van der Waals surface area contributed by atoms with Gasteiger partial charge in [-0.25, -0.2) is 0 Å². The number of amides is 1. The highest BCUT2D eigenvalue weighted by molar-refractivity contribution is 6.19. The Balaban J connectivity index is 2.17. The number of hydrogen-bond donors (Lipinski definition) is 2. The number of hydrogen-bond acceptors (Lipinski definition) is 3. The molecule has 4 nitrogen and oxygen atoms in total. The summed E-state index contributed by atoms with van der Waals surface area (Å²) in [7, 11) is 0. The summed E-state index contributed by atoms with van der Waals surface area (Å²) >= 11 is 6.02. The van der Waals surface area contributed by atoms with Crippen LogP contribution in [0.4, 0.5) is 0 Å². The second kappa shape index (κ2) is 5.80. The third-order valence-corrected chi connectivity index (χ3v) is 4.15. The van der Waals surface area contributed by atoms with Crippen LogP contribution in [-0.4, -0.2) is 35.6 Å². The molecule has 0 spiro atoms. The Labute approximate surface area is 117 Å². The highest BCUT2D eigenvalue weighted by atomic mass is 35.5. The van der Waals surface area contributed by atoms with Gasteiger partial charge in [0.25, 0.3) is 5.91 Å². The Kier molecular flexibility index (Phi) is 4.32. The molecule has 104 valence electrons. The molecule has 1 fully saturated rings. The molecule has 19 heavy (non-hydrogen) atoms. The summed E-state index contributed by atoms with van der Waals surface area (Å²) in [5.41, 5.74) is 0.655. The molecule has 0 atom stereocenters. The summed E-state index contributed by atoms with van der Waals surface area (Å²) in [6.45, 7) is 2.93. The van der Waals surface area contributed by atoms with E-state index in [1.807, 2.05) is 0 Å². The Bertz CT molecular complexity index is 470. The third-order valence-electron chi connectivity index (χ3n) is 3.63. The first kappa shape index (κ1) is 14.2. The fourth-order valence-electron chi connectivity index (χ4n) is 2.23. The molecular weight excluding hydrogens is 266 g/mol. The van der Waals surface area contributed by atoms with E-state index in [1.54, 1.807) is 25.1 Å². The van der Waals surface area contributed by atoms with Crippen molar-refractivity contribution in [2.75, 3.05) is 19.1 Å². The zero-order chi connectivity index (χ0) is 13.9. The lowest BCUT2D eigenvalue weighted by Crippen LogP contribution is -2.53. The van der Waals surface area contributed by atoms with Crippen molar-refractivity contribution < 1.29 is 14.6 Å². The number of nitrogens with one attached hydrogen (secondary N) is 1. The minimum Gasteiger partial charge on any atom is -0.508 e. The third kappa shape index (κ3) is 3.01. The lowest BCUT2D eigenvalue weighted by atomic mass is 9.91. The Morgan fingerprint density at radius 1 is 1.47 bits per heavy atom. The molecular formula is C14H18ClNO3. The maximum Gasteiger partial charge on any atom is 0.252 e. The van der Waals surface area contributed by atoms with Crippen LogP contribution in [-0.2, 0) is 4.74 Å². The van der Waals surface area contributed by atoms with Gasteiger partial charge in [-0.05, 0) is 31.9 Å². The number of carbonyl (C=O) groups is 1. The van der Waals surface area contributed by atoms with E-state index in [0.717, 1.165) is 0 Å². The summed E-state index contributed by atoms with van der Waals surface area (Å²) in [5.74, 6) is 0.287. The Morgan fingerprint density at radius 3 is 2.79 bits per heavy atom. The lowest BCUT2D eigenvalue weighted by molar-refractivity contribution is 0.0433. The van der Waals surface area contributed by atoms with Gasteiger partial charge in [-0.2, -0.15) is 0 Å². The molecule has 0 bridgehead atoms. The van der Waals surface area contributed by atoms with Crippen molar-refractivity contribution in [1.82, 2.24) is 5.32 Å². The summed E-state index contributed by atoms with van der Waals surface area (Å²) in [4.78, 5) is 12.3. The highest BCUT2D eigenvalue weighted by Crippen LogP contribution is 2.25. The number of alkyl halides is 1. The minimum atomic E-state index is -0.408. The standard InChI is InChI=1S/C14H18ClNO3/c1-10-11(3-2-4-12(10)17)13(18)16-14(9-15)5-7-19-8-6-14/h2-4,17H,5-9H2,1H3,(H,16,18). The molecule has 1 saturated heterocycles. The molecule has 0 radical (unpaired) electrons. The Hall–Kier alpha value is -1.26. The first-order chi connectivity index (χ1) is 9.08. The van der Waals surface area contributed by atoms with Crippen molar-refractivity contribution >= 4 is 17.5 Å². The summed E-state index contributed by atoms with van der Waals surface area (Å²) in [5, 5.41) is 12.7. The van der Waals surface area contributed by atoms with Gasteiger partial charge in [0.2, 0.25) is 0 Å². The first-order valence-corrected chi connectivity index (χ1v) is 6.86. The quantitative estimate of drug-likeness (QED) is 0.836. The SMILES string of the molecule is Cc1c(O)cccc1C(=O)NC1(CCl)CCOCC1. The monoisotopic (exact) mass is 283 g/mol. The summed E-state index contributed by atoms with van der Waals surface area (Å²) in [6.07, 6.45) is 1.42. The average molecular weight is 284 g/mol. The van der Waals surface area contributed by atoms with Gasteiger partial charge < -0.3 is 15.2 Å². The number of phenolic OH excluding ortho intramolecular Hbond substituents is 1. The number of benzene rings is 1. The van der Waals surface area contributed by atoms with Crippen LogP contribution in [0.3, 0.4) is 0 Å². The van der Waals surface area contributed by atoms with Crippen molar-refractivity contribution in [3.63, 3.8) is 0 Å². The van der Waals surface area contributed by atoms with Gasteiger partial charge in [0.1, 0.15) is 5.75 Å². The number of ether oxygens (including phenoxy) is 1. The molecule has 0 unspecified atom stereocenters. The van der Waals surface area contributed by atoms with Crippen LogP contribution >= 0.6 is 11.6 Å². The number of rotatable bonds is 3. The van der Waals surface area contributed by atoms with Crippen molar-refractivity contribution in [2.24, 2.45) is 0 Å². The fraction of sp³-hybridized carbons (Fsp3) is 0.500. The Morgan fingerprint density at radius 2 is 2.16 bits per heavy atom. The summed E-state index contributed by atoms with van der Waals surface area (Å²) < 4.78 is 5.31. The van der Waals surface area contributed by atoms with E-state index in [4.69, 9.17) is 16.3 Å². The molecule has 1 aliphatic heterocycles. The predicted molar refractivity (Wildman–Crippen MR) is 73.8 cm³/mol. The molecule has 2 N–H and O–H groups in total. The fourth-order valence-corrected chi connectivity index (χ4v) is 2.57. The molecule has 1 aromatic rings. The molecule has 5 heteroatoms. The number of aromatic hydroxyl groups is 1. The molecule has 1 heterocycles. The maximum atomic E-state index is 12.3. The second-order valence-corrected chi connectivity index (χ2v) is 5.20. The largest absolute Gasteiger partial charge is 0.508 e. The molecule has 2 rings (SSSR count). The van der Waals surface area contributed by atoms with Crippen LogP contribution in [0.15, 0.2) is 18.2 Å². The molecule has 0 saturated carbocycles. The zero-order valence-corrected chi connectivity index (χ0v) is 11.7. The molecule has 1 aromatic carbocycles. The van der Waals surface area contributed by atoms with Gasteiger partial charge >= 0.3 is 0 Å². The summed E-state index contributed by atoms with van der Waals surface area (Å²) in [6, 6.07) is 4.93. The van der Waals surface area contributed by atoms with Gasteiger partial charge in [0.15, 0.2) is 0 Å². The van der Waals surface area contributed by atoms with E-state index >= 15 is 0 Å². The van der Waals surface area contributed by atoms with Crippen molar-refractivity contribution in [2.45, 2.75) is 25.3 Å².